The third-order valence-electron chi connectivity index (χ3n) is 4.18. The number of hydrogen-bond acceptors (Lipinski definition) is 5. The van der Waals surface area contributed by atoms with Gasteiger partial charge in [0.05, 0.1) is 10.5 Å². The molecular weight excluding hydrogens is 367 g/mol. The van der Waals surface area contributed by atoms with Crippen molar-refractivity contribution in [3.63, 3.8) is 0 Å². The van der Waals surface area contributed by atoms with Gasteiger partial charge in [0.2, 0.25) is 0 Å². The highest BCUT2D eigenvalue weighted by atomic mass is 32.2. The van der Waals surface area contributed by atoms with Crippen LogP contribution < -0.4 is 15.5 Å². The first-order valence-corrected chi connectivity index (χ1v) is 8.92. The zero-order chi connectivity index (χ0) is 19.1. The molecule has 2 aliphatic heterocycles. The first-order valence-electron chi connectivity index (χ1n) is 8.10. The Morgan fingerprint density at radius 3 is 2.38 bits per heavy atom. The highest BCUT2D eigenvalue weighted by Crippen LogP contribution is 2.36. The van der Waals surface area contributed by atoms with Gasteiger partial charge in [0, 0.05) is 30.9 Å². The molecule has 9 heteroatoms. The van der Waals surface area contributed by atoms with Crippen LogP contribution in [0.15, 0.2) is 23.1 Å². The monoisotopic (exact) mass is 385 g/mol. The first-order chi connectivity index (χ1) is 12.1. The fourth-order valence-electron chi connectivity index (χ4n) is 3.22. The van der Waals surface area contributed by atoms with Gasteiger partial charge < -0.3 is 10.2 Å². The number of imide groups is 1. The van der Waals surface area contributed by atoms with Gasteiger partial charge in [-0.15, -0.1) is 0 Å². The van der Waals surface area contributed by atoms with Crippen molar-refractivity contribution in [3.05, 3.63) is 34.2 Å². The molecule has 0 aromatic heterocycles. The van der Waals surface area contributed by atoms with Crippen LogP contribution in [0.25, 0.3) is 6.08 Å². The summed E-state index contributed by atoms with van der Waals surface area (Å²) >= 11 is 0.688. The molecule has 0 radical (unpaired) electrons. The van der Waals surface area contributed by atoms with Gasteiger partial charge in [-0.3, -0.25) is 14.9 Å². The topological polar surface area (TPSA) is 61.4 Å². The molecule has 0 saturated carbocycles. The molecule has 3 rings (SSSR count). The van der Waals surface area contributed by atoms with E-state index >= 15 is 0 Å². The molecule has 0 aliphatic carbocycles. The van der Waals surface area contributed by atoms with Crippen molar-refractivity contribution in [2.45, 2.75) is 32.1 Å². The molecule has 1 aromatic rings. The lowest BCUT2D eigenvalue weighted by molar-refractivity contribution is -0.137. The summed E-state index contributed by atoms with van der Waals surface area (Å²) in [7, 11) is 0. The highest BCUT2D eigenvalue weighted by molar-refractivity contribution is 8.18. The Morgan fingerprint density at radius 1 is 1.19 bits per heavy atom. The Morgan fingerprint density at radius 2 is 1.85 bits per heavy atom. The number of thioether (sulfide) groups is 1. The molecule has 5 nitrogen and oxygen atoms in total. The average Bonchev–Trinajstić information content (AvgIpc) is 2.83. The second-order valence-electron chi connectivity index (χ2n) is 6.50. The summed E-state index contributed by atoms with van der Waals surface area (Å²) in [5.41, 5.74) is 0.0889. The molecule has 2 atom stereocenters. The summed E-state index contributed by atoms with van der Waals surface area (Å²) in [5.74, 6) is -0.592. The Kier molecular flexibility index (Phi) is 5.03. The van der Waals surface area contributed by atoms with Crippen LogP contribution in [0.1, 0.15) is 25.0 Å². The van der Waals surface area contributed by atoms with E-state index in [2.05, 4.69) is 10.6 Å². The lowest BCUT2D eigenvalue weighted by Gasteiger charge is -2.38. The zero-order valence-electron chi connectivity index (χ0n) is 14.2. The quantitative estimate of drug-likeness (QED) is 0.766. The number of carbonyl (C=O) groups is 2. The molecule has 140 valence electrons. The number of halogens is 3. The fraction of sp³-hybridized carbons (Fsp3) is 0.412. The molecule has 0 unspecified atom stereocenters. The van der Waals surface area contributed by atoms with Crippen molar-refractivity contribution in [1.29, 1.82) is 0 Å². The van der Waals surface area contributed by atoms with E-state index in [0.29, 0.717) is 30.5 Å². The smallest absolute Gasteiger partial charge is 0.368 e. The average molecular weight is 385 g/mol. The number of rotatable bonds is 2. The Hall–Kier alpha value is -2.00. The number of nitrogens with one attached hydrogen (secondary N) is 2. The number of hydrogen-bond donors (Lipinski definition) is 2. The van der Waals surface area contributed by atoms with Gasteiger partial charge in [-0.05, 0) is 55.4 Å². The van der Waals surface area contributed by atoms with Crippen molar-refractivity contribution in [3.8, 4) is 0 Å². The summed E-state index contributed by atoms with van der Waals surface area (Å²) in [6.07, 6.45) is -3.14. The molecule has 0 spiro atoms. The summed E-state index contributed by atoms with van der Waals surface area (Å²) in [6.45, 7) is 5.27. The minimum Gasteiger partial charge on any atom is -0.368 e. The van der Waals surface area contributed by atoms with Gasteiger partial charge in [0.25, 0.3) is 11.1 Å². The molecule has 1 aromatic carbocycles. The maximum absolute atomic E-state index is 13.1. The van der Waals surface area contributed by atoms with Crippen molar-refractivity contribution in [2.24, 2.45) is 0 Å². The van der Waals surface area contributed by atoms with Crippen molar-refractivity contribution in [1.82, 2.24) is 10.6 Å². The molecule has 2 saturated heterocycles. The fourth-order valence-corrected chi connectivity index (χ4v) is 3.89. The number of piperazine rings is 1. The predicted molar refractivity (Wildman–Crippen MR) is 94.8 cm³/mol. The van der Waals surface area contributed by atoms with Gasteiger partial charge in [-0.25, -0.2) is 0 Å². The molecular formula is C17H18F3N3O2S. The largest absolute Gasteiger partial charge is 0.416 e. The lowest BCUT2D eigenvalue weighted by atomic mass is 10.0. The Labute approximate surface area is 153 Å². The van der Waals surface area contributed by atoms with Gasteiger partial charge in [0.1, 0.15) is 0 Å². The summed E-state index contributed by atoms with van der Waals surface area (Å²) in [6, 6.07) is 3.84. The van der Waals surface area contributed by atoms with Gasteiger partial charge in [-0.2, -0.15) is 13.2 Å². The molecule has 2 amide bonds. The molecule has 2 fully saturated rings. The number of nitrogens with zero attached hydrogens (tertiary/aromatic N) is 1. The van der Waals surface area contributed by atoms with Crippen LogP contribution in [0, 0.1) is 0 Å². The van der Waals surface area contributed by atoms with Gasteiger partial charge in [-0.1, -0.05) is 0 Å². The molecule has 2 N–H and O–H groups in total. The Bertz CT molecular complexity index is 769. The van der Waals surface area contributed by atoms with Crippen LogP contribution in [0.4, 0.5) is 23.7 Å². The SMILES string of the molecule is C[C@@H]1CN(c2ccc(C(F)(F)F)cc2/C=C2/SC(=O)NC2=O)C[C@H](C)N1. The van der Waals surface area contributed by atoms with E-state index < -0.39 is 22.9 Å². The van der Waals surface area contributed by atoms with E-state index in [1.165, 1.54) is 12.1 Å². The van der Waals surface area contributed by atoms with Crippen LogP contribution in [0.2, 0.25) is 0 Å². The third kappa shape index (κ3) is 4.04. The molecule has 26 heavy (non-hydrogen) atoms. The first kappa shape index (κ1) is 18.8. The summed E-state index contributed by atoms with van der Waals surface area (Å²) < 4.78 is 39.4. The van der Waals surface area contributed by atoms with E-state index in [1.54, 1.807) is 0 Å². The minimum atomic E-state index is -4.49. The lowest BCUT2D eigenvalue weighted by Crippen LogP contribution is -2.54. The van der Waals surface area contributed by atoms with Crippen molar-refractivity contribution in [2.75, 3.05) is 18.0 Å². The number of benzene rings is 1. The standard InChI is InChI=1S/C17H18F3N3O2S/c1-9-7-23(8-10(2)21-9)13-4-3-12(17(18,19)20)5-11(13)6-14-15(24)22-16(25)26-14/h3-6,9-10,21H,7-8H2,1-2H3,(H,22,24,25)/b14-6+/t9-,10+. The highest BCUT2D eigenvalue weighted by Gasteiger charge is 2.32. The van der Waals surface area contributed by atoms with E-state index in [0.717, 1.165) is 12.1 Å². The maximum atomic E-state index is 13.1. The summed E-state index contributed by atoms with van der Waals surface area (Å²) in [4.78, 5) is 25.2. The maximum Gasteiger partial charge on any atom is 0.416 e. The van der Waals surface area contributed by atoms with Crippen LogP contribution in [0.3, 0.4) is 0 Å². The number of carbonyl (C=O) groups excluding carboxylic acids is 2. The van der Waals surface area contributed by atoms with Gasteiger partial charge in [0.15, 0.2) is 0 Å². The van der Waals surface area contributed by atoms with E-state index in [9.17, 15) is 22.8 Å². The second kappa shape index (κ2) is 6.96. The van der Waals surface area contributed by atoms with Gasteiger partial charge >= 0.3 is 6.18 Å². The van der Waals surface area contributed by atoms with Crippen LogP contribution >= 0.6 is 11.8 Å². The minimum absolute atomic E-state index is 0.0896. The zero-order valence-corrected chi connectivity index (χ0v) is 15.0. The summed E-state index contributed by atoms with van der Waals surface area (Å²) in [5, 5.41) is 4.96. The number of amides is 2. The number of alkyl halides is 3. The number of anilines is 1. The van der Waals surface area contributed by atoms with Crippen LogP contribution in [-0.2, 0) is 11.0 Å². The third-order valence-corrected chi connectivity index (χ3v) is 4.99. The normalized spacial score (nSPS) is 25.7. The molecule has 2 aliphatic rings. The second-order valence-corrected chi connectivity index (χ2v) is 7.51. The van der Waals surface area contributed by atoms with Crippen molar-refractivity contribution >= 4 is 34.7 Å². The van der Waals surface area contributed by atoms with Crippen molar-refractivity contribution < 1.29 is 22.8 Å². The molecule has 0 bridgehead atoms. The van der Waals surface area contributed by atoms with E-state index in [4.69, 9.17) is 0 Å². The van der Waals surface area contributed by atoms with Crippen LogP contribution in [0.5, 0.6) is 0 Å². The molecule has 2 heterocycles. The van der Waals surface area contributed by atoms with E-state index in [-0.39, 0.29) is 22.6 Å². The predicted octanol–water partition coefficient (Wildman–Crippen LogP) is 3.22. The Balaban J connectivity index is 2.05. The van der Waals surface area contributed by atoms with E-state index in [1.807, 2.05) is 18.7 Å². The van der Waals surface area contributed by atoms with Crippen LogP contribution in [-0.4, -0.2) is 36.3 Å².